The van der Waals surface area contributed by atoms with Crippen molar-refractivity contribution in [2.24, 2.45) is 0 Å². The number of pyridine rings is 2. The van der Waals surface area contributed by atoms with Crippen molar-refractivity contribution in [1.82, 2.24) is 18.9 Å². The summed E-state index contributed by atoms with van der Waals surface area (Å²) in [5.74, 6) is 0.914. The van der Waals surface area contributed by atoms with E-state index in [-0.39, 0.29) is 20.4 Å². The minimum absolute atomic E-state index is 0. The van der Waals surface area contributed by atoms with Gasteiger partial charge >= 0.3 is 20.4 Å². The first-order valence-electron chi connectivity index (χ1n) is 25.6. The molecule has 15 rings (SSSR count). The van der Waals surface area contributed by atoms with E-state index in [1.165, 1.54) is 58.3 Å². The number of imidazole rings is 1. The Hall–Kier alpha value is -8.74. The van der Waals surface area contributed by atoms with Gasteiger partial charge in [-0.3, -0.25) is 4.98 Å². The van der Waals surface area contributed by atoms with Gasteiger partial charge < -0.3 is 13.9 Å². The van der Waals surface area contributed by atoms with E-state index in [0.717, 1.165) is 55.2 Å². The molecular weight excluding hydrogens is 1050 g/mol. The summed E-state index contributed by atoms with van der Waals surface area (Å²) in [5.41, 5.74) is 7.52. The molecule has 0 N–H and O–H groups in total. The van der Waals surface area contributed by atoms with E-state index in [1.807, 2.05) is 12.4 Å². The number of rotatable bonds is 8. The van der Waals surface area contributed by atoms with Gasteiger partial charge in [0.25, 0.3) is 0 Å². The van der Waals surface area contributed by atoms with E-state index in [2.05, 4.69) is 287 Å². The van der Waals surface area contributed by atoms with Crippen LogP contribution in [0.15, 0.2) is 273 Å². The second-order valence-corrected chi connectivity index (χ2v) is 26.9. The molecule has 0 atom stereocenters. The van der Waals surface area contributed by atoms with Gasteiger partial charge in [0.1, 0.15) is 13.9 Å². The van der Waals surface area contributed by atoms with Gasteiger partial charge in [-0.05, 0) is 67.7 Å². The number of anilines is 3. The van der Waals surface area contributed by atoms with Crippen LogP contribution in [0.1, 0.15) is 0 Å². The number of fused-ring (bicyclic) bond motifs is 12. The average Bonchev–Trinajstić information content (AvgIpc) is 4.20. The molecule has 8 heteroatoms. The van der Waals surface area contributed by atoms with Crippen molar-refractivity contribution in [2.45, 2.75) is 0 Å². The molecule has 0 fully saturated rings. The van der Waals surface area contributed by atoms with E-state index in [9.17, 15) is 0 Å². The predicted molar refractivity (Wildman–Crippen MR) is 315 cm³/mol. The fourth-order valence-electron chi connectivity index (χ4n) is 12.8. The van der Waals surface area contributed by atoms with Gasteiger partial charge in [0.05, 0.1) is 16.7 Å². The molecule has 0 bridgehead atoms. The molecule has 5 heterocycles. The molecule has 0 saturated heterocycles. The Bertz CT molecular complexity index is 4410. The SMILES string of the molecule is [Pd+2].[c-]1c(N2c3ccc4c5ccccc5n(-c5ccccc5)c4c3[Si](c3ccccc3)(c3ccccc3)c3cccnc32)cccc1[Si](c1[c-]c2c(cc1)c1ccccc1n1ccnc21)(c1ccccc1)c1ccccc1. The van der Waals surface area contributed by atoms with Gasteiger partial charge in [-0.15, -0.1) is 34.8 Å². The third-order valence-corrected chi connectivity index (χ3v) is 25.2. The molecule has 0 amide bonds. The molecule has 10 aromatic carbocycles. The Morgan fingerprint density at radius 2 is 1.01 bits per heavy atom. The van der Waals surface area contributed by atoms with Crippen molar-refractivity contribution in [3.8, 4) is 5.69 Å². The van der Waals surface area contributed by atoms with E-state index < -0.39 is 16.1 Å². The van der Waals surface area contributed by atoms with Crippen molar-refractivity contribution < 1.29 is 20.4 Å². The fourth-order valence-corrected chi connectivity index (χ4v) is 22.6. The maximum absolute atomic E-state index is 5.50. The van der Waals surface area contributed by atoms with Crippen LogP contribution in [0.25, 0.3) is 54.8 Å². The van der Waals surface area contributed by atoms with E-state index >= 15 is 0 Å². The minimum atomic E-state index is -3.27. The zero-order valence-corrected chi connectivity index (χ0v) is 44.6. The van der Waals surface area contributed by atoms with Crippen LogP contribution in [0.5, 0.6) is 0 Å². The Balaban J connectivity index is 0.00000528. The van der Waals surface area contributed by atoms with Crippen LogP contribution in [0.4, 0.5) is 17.2 Å². The Morgan fingerprint density at radius 3 is 1.70 bits per heavy atom. The van der Waals surface area contributed by atoms with Crippen molar-refractivity contribution in [3.63, 3.8) is 0 Å². The Kier molecular flexibility index (Phi) is 11.0. The van der Waals surface area contributed by atoms with E-state index in [4.69, 9.17) is 9.97 Å². The Morgan fingerprint density at radius 1 is 0.434 bits per heavy atom. The standard InChI is InChI=1S/C68H45N5Si2.Pd/c1-6-22-48(23-7-1)72-62-37-19-17-35-58(62)59-41-42-63-66(65(59)72)75(52-29-12-4-13-30-52,53-31-14-5-15-32-53)64-38-21-43-69-68(64)73(63)49-24-20-33-54(46-49)74(50-25-8-2-9-26-50,51-27-10-3-11-28-51)55-39-40-56-57-34-16-18-36-61(57)71-45-44-70-67(71)60(56)47-55;/h1-45H;/q-2;+2. The summed E-state index contributed by atoms with van der Waals surface area (Å²) in [6, 6.07) is 102. The largest absolute Gasteiger partial charge is 2.00 e. The molecule has 76 heavy (non-hydrogen) atoms. The molecule has 1 aliphatic heterocycles. The monoisotopic (exact) mass is 1090 g/mol. The molecule has 0 radical (unpaired) electrons. The van der Waals surface area contributed by atoms with Gasteiger partial charge in [-0.2, -0.15) is 23.4 Å². The van der Waals surface area contributed by atoms with Gasteiger partial charge in [0.15, 0.2) is 8.07 Å². The van der Waals surface area contributed by atoms with Crippen LogP contribution in [0.2, 0.25) is 0 Å². The second kappa shape index (κ2) is 18.3. The molecule has 5 nitrogen and oxygen atoms in total. The molecule has 0 unspecified atom stereocenters. The first-order valence-corrected chi connectivity index (χ1v) is 29.6. The first kappa shape index (κ1) is 45.8. The Labute approximate surface area is 456 Å². The number of nitrogens with zero attached hydrogens (tertiary/aromatic N) is 5. The number of aromatic nitrogens is 4. The summed E-state index contributed by atoms with van der Waals surface area (Å²) < 4.78 is 4.73. The summed E-state index contributed by atoms with van der Waals surface area (Å²) in [7, 11) is -6.53. The molecular formula is C68H45N5PdSi2. The van der Waals surface area contributed by atoms with Crippen LogP contribution in [0.3, 0.4) is 0 Å². The van der Waals surface area contributed by atoms with Crippen molar-refractivity contribution in [2.75, 3.05) is 4.90 Å². The van der Waals surface area contributed by atoms with Gasteiger partial charge in [0, 0.05) is 51.4 Å². The second-order valence-electron chi connectivity index (χ2n) is 19.5. The van der Waals surface area contributed by atoms with Crippen LogP contribution in [0, 0.1) is 12.1 Å². The smallest absolute Gasteiger partial charge is 0.340 e. The maximum Gasteiger partial charge on any atom is 2.00 e. The molecule has 0 aliphatic carbocycles. The maximum atomic E-state index is 5.50. The van der Waals surface area contributed by atoms with Crippen molar-refractivity contribution in [1.29, 1.82) is 0 Å². The summed E-state index contributed by atoms with van der Waals surface area (Å²) in [6.07, 6.45) is 5.93. The predicted octanol–water partition coefficient (Wildman–Crippen LogP) is 10.3. The summed E-state index contributed by atoms with van der Waals surface area (Å²) in [4.78, 5) is 12.9. The summed E-state index contributed by atoms with van der Waals surface area (Å²) >= 11 is 0. The van der Waals surface area contributed by atoms with Crippen LogP contribution >= 0.6 is 0 Å². The van der Waals surface area contributed by atoms with E-state index in [0.29, 0.717) is 0 Å². The van der Waals surface area contributed by atoms with E-state index in [1.54, 1.807) is 0 Å². The van der Waals surface area contributed by atoms with Gasteiger partial charge in [-0.25, -0.2) is 4.98 Å². The summed E-state index contributed by atoms with van der Waals surface area (Å²) in [5, 5.41) is 15.6. The molecule has 14 aromatic rings. The molecule has 4 aromatic heterocycles. The summed E-state index contributed by atoms with van der Waals surface area (Å²) in [6.45, 7) is 0. The van der Waals surface area contributed by atoms with Crippen molar-refractivity contribution in [3.05, 3.63) is 286 Å². The third-order valence-electron chi connectivity index (χ3n) is 15.8. The number of hydrogen-bond donors (Lipinski definition) is 0. The zero-order chi connectivity index (χ0) is 49.5. The van der Waals surface area contributed by atoms with Crippen LogP contribution in [-0.2, 0) is 20.4 Å². The first-order chi connectivity index (χ1) is 37.2. The van der Waals surface area contributed by atoms with Gasteiger partial charge in [-0.1, -0.05) is 199 Å². The molecule has 0 saturated carbocycles. The third kappa shape index (κ3) is 6.59. The number of para-hydroxylation sites is 3. The minimum Gasteiger partial charge on any atom is -0.340 e. The molecule has 1 aliphatic rings. The van der Waals surface area contributed by atoms with Crippen LogP contribution < -0.4 is 46.4 Å². The van der Waals surface area contributed by atoms with Crippen molar-refractivity contribution >= 4 is 124 Å². The fraction of sp³-hybridized carbons (Fsp3) is 0. The normalized spacial score (nSPS) is 13.0. The quantitative estimate of drug-likeness (QED) is 0.0659. The number of benzene rings is 10. The molecule has 0 spiro atoms. The topological polar surface area (TPSA) is 38.4 Å². The van der Waals surface area contributed by atoms with Crippen LogP contribution in [-0.4, -0.2) is 35.1 Å². The number of hydrogen-bond acceptors (Lipinski definition) is 3. The molecule has 360 valence electrons. The zero-order valence-electron chi connectivity index (χ0n) is 41.0. The van der Waals surface area contributed by atoms with Gasteiger partial charge in [0.2, 0.25) is 0 Å². The average molecular weight is 1090 g/mol.